The number of aliphatic hydroxyl groups excluding tert-OH is 1. The minimum Gasteiger partial charge on any atom is -0.394 e. The molecule has 2 aromatic rings. The van der Waals surface area contributed by atoms with Gasteiger partial charge in [0.15, 0.2) is 6.33 Å². The molecule has 0 amide bonds. The van der Waals surface area contributed by atoms with Crippen LogP contribution in [0.4, 0.5) is 5.82 Å². The van der Waals surface area contributed by atoms with Crippen LogP contribution < -0.4 is 10.6 Å². The number of hydrogen-bond donors (Lipinski definition) is 2. The monoisotopic (exact) mass is 183 g/mol. The summed E-state index contributed by atoms with van der Waals surface area (Å²) in [5.74, 6) is 0.904. The van der Waals surface area contributed by atoms with Crippen molar-refractivity contribution in [2.24, 2.45) is 0 Å². The molecule has 2 aromatic heterocycles. The third-order valence-electron chi connectivity index (χ3n) is 1.53. The highest BCUT2D eigenvalue weighted by molar-refractivity contribution is 5.39. The van der Waals surface area contributed by atoms with Crippen molar-refractivity contribution in [1.82, 2.24) is 19.3 Å². The predicted molar refractivity (Wildman–Crippen MR) is 43.9 cm³/mol. The molecule has 7 heteroatoms. The highest BCUT2D eigenvalue weighted by atomic mass is 16.7. The van der Waals surface area contributed by atoms with Crippen molar-refractivity contribution >= 4 is 11.6 Å². The maximum absolute atomic E-state index is 8.54. The lowest BCUT2D eigenvalue weighted by molar-refractivity contribution is 0.0477. The number of imidazole rings is 1. The Hall–Kier alpha value is -1.76. The molecule has 13 heavy (non-hydrogen) atoms. The van der Waals surface area contributed by atoms with Crippen molar-refractivity contribution in [3.8, 4) is 0 Å². The fraction of sp³-hybridized carbons (Fsp3) is 0.333. The summed E-state index contributed by atoms with van der Waals surface area (Å²) < 4.78 is 1.50. The van der Waals surface area contributed by atoms with Gasteiger partial charge in [0.2, 0.25) is 0 Å². The molecule has 70 valence electrons. The summed E-state index contributed by atoms with van der Waals surface area (Å²) in [5, 5.41) is 8.54. The second kappa shape index (κ2) is 2.94. The lowest BCUT2D eigenvalue weighted by Gasteiger charge is -2.04. The third-order valence-corrected chi connectivity index (χ3v) is 1.53. The van der Waals surface area contributed by atoms with Crippen LogP contribution in [0.2, 0.25) is 0 Å². The van der Waals surface area contributed by atoms with E-state index in [2.05, 4.69) is 9.97 Å². The number of anilines is 1. The number of rotatable bonds is 3. The zero-order chi connectivity index (χ0) is 9.26. The van der Waals surface area contributed by atoms with Crippen LogP contribution in [-0.4, -0.2) is 37.6 Å². The van der Waals surface area contributed by atoms with Crippen LogP contribution in [0, 0.1) is 0 Å². The van der Waals surface area contributed by atoms with Crippen LogP contribution in [0.25, 0.3) is 5.78 Å². The number of hydrogen-bond acceptors (Lipinski definition) is 5. The molecule has 0 atom stereocenters. The van der Waals surface area contributed by atoms with E-state index in [1.165, 1.54) is 21.9 Å². The zero-order valence-electron chi connectivity index (χ0n) is 6.79. The fourth-order valence-corrected chi connectivity index (χ4v) is 1.02. The van der Waals surface area contributed by atoms with E-state index < -0.39 is 0 Å². The molecule has 0 spiro atoms. The number of fused-ring (bicyclic) bond motifs is 1. The van der Waals surface area contributed by atoms with Crippen molar-refractivity contribution in [2.75, 3.05) is 18.9 Å². The highest BCUT2D eigenvalue weighted by Crippen LogP contribution is 2.04. The zero-order valence-corrected chi connectivity index (χ0v) is 6.79. The Morgan fingerprint density at radius 1 is 1.54 bits per heavy atom. The van der Waals surface area contributed by atoms with Gasteiger partial charge in [-0.3, -0.25) is 0 Å². The summed E-state index contributed by atoms with van der Waals surface area (Å²) in [6, 6.07) is 0. The molecule has 3 N–H and O–H groups in total. The van der Waals surface area contributed by atoms with E-state index in [0.29, 0.717) is 11.6 Å². The molecular weight excluding hydrogens is 174 g/mol. The Bertz CT molecular complexity index is 406. The lowest BCUT2D eigenvalue weighted by atomic mass is 10.8. The Morgan fingerprint density at radius 2 is 2.38 bits per heavy atom. The number of aliphatic hydroxyl groups is 1. The first-order valence-electron chi connectivity index (χ1n) is 3.73. The maximum Gasteiger partial charge on any atom is 0.255 e. The quantitative estimate of drug-likeness (QED) is 0.606. The second-order valence-corrected chi connectivity index (χ2v) is 2.40. The van der Waals surface area contributed by atoms with Gasteiger partial charge in [-0.2, -0.15) is 9.50 Å². The van der Waals surface area contributed by atoms with Crippen LogP contribution in [-0.2, 0) is 0 Å². The standard InChI is InChI=1S/C6H9N5O2/c7-5-3-8-6-9-4-10(11(5)6)13-2-1-12/h3-4,12H,1-2,7H2. The Morgan fingerprint density at radius 3 is 3.15 bits per heavy atom. The SMILES string of the molecule is Nc1cnc2ncn(OCCO)n12. The van der Waals surface area contributed by atoms with Gasteiger partial charge in [-0.25, -0.2) is 4.98 Å². The van der Waals surface area contributed by atoms with Gasteiger partial charge in [-0.15, -0.1) is 0 Å². The van der Waals surface area contributed by atoms with E-state index in [-0.39, 0.29) is 13.2 Å². The van der Waals surface area contributed by atoms with Crippen LogP contribution in [0.15, 0.2) is 12.5 Å². The fourth-order valence-electron chi connectivity index (χ4n) is 1.02. The number of nitrogens with two attached hydrogens (primary N) is 1. The third kappa shape index (κ3) is 1.18. The average Bonchev–Trinajstić information content (AvgIpc) is 2.67. The first kappa shape index (κ1) is 7.87. The van der Waals surface area contributed by atoms with Gasteiger partial charge in [0, 0.05) is 0 Å². The smallest absolute Gasteiger partial charge is 0.255 e. The molecule has 0 aliphatic heterocycles. The van der Waals surface area contributed by atoms with Crippen molar-refractivity contribution in [3.05, 3.63) is 12.5 Å². The van der Waals surface area contributed by atoms with Crippen molar-refractivity contribution in [1.29, 1.82) is 0 Å². The van der Waals surface area contributed by atoms with E-state index in [9.17, 15) is 0 Å². The summed E-state index contributed by atoms with van der Waals surface area (Å²) in [6.07, 6.45) is 2.93. The van der Waals surface area contributed by atoms with E-state index in [0.717, 1.165) is 0 Å². The second-order valence-electron chi connectivity index (χ2n) is 2.40. The normalized spacial score (nSPS) is 10.8. The van der Waals surface area contributed by atoms with Gasteiger partial charge in [-0.05, 0) is 0 Å². The minimum absolute atomic E-state index is 0.0612. The van der Waals surface area contributed by atoms with E-state index >= 15 is 0 Å². The van der Waals surface area contributed by atoms with Crippen molar-refractivity contribution in [2.45, 2.75) is 0 Å². The number of aromatic nitrogens is 4. The van der Waals surface area contributed by atoms with Gasteiger partial charge in [0.05, 0.1) is 12.8 Å². The molecule has 2 rings (SSSR count). The average molecular weight is 183 g/mol. The van der Waals surface area contributed by atoms with Crippen LogP contribution >= 0.6 is 0 Å². The Kier molecular flexibility index (Phi) is 1.78. The van der Waals surface area contributed by atoms with Crippen LogP contribution in [0.5, 0.6) is 0 Å². The van der Waals surface area contributed by atoms with Gasteiger partial charge in [0.25, 0.3) is 5.78 Å². The molecule has 7 nitrogen and oxygen atoms in total. The summed E-state index contributed by atoms with van der Waals surface area (Å²) in [6.45, 7) is 0.122. The molecule has 0 saturated carbocycles. The van der Waals surface area contributed by atoms with E-state index in [1.807, 2.05) is 0 Å². The van der Waals surface area contributed by atoms with E-state index in [4.69, 9.17) is 15.7 Å². The molecule has 0 aromatic carbocycles. The van der Waals surface area contributed by atoms with Gasteiger partial charge in [0.1, 0.15) is 12.4 Å². The maximum atomic E-state index is 8.54. The Labute approximate surface area is 73.3 Å². The molecule has 0 saturated heterocycles. The Balaban J connectivity index is 2.38. The van der Waals surface area contributed by atoms with Crippen molar-refractivity contribution < 1.29 is 9.94 Å². The highest BCUT2D eigenvalue weighted by Gasteiger charge is 2.06. The molecule has 0 bridgehead atoms. The van der Waals surface area contributed by atoms with Crippen LogP contribution in [0.3, 0.4) is 0 Å². The minimum atomic E-state index is -0.0612. The molecule has 0 radical (unpaired) electrons. The topological polar surface area (TPSA) is 90.6 Å². The molecule has 0 unspecified atom stereocenters. The van der Waals surface area contributed by atoms with Crippen LogP contribution in [0.1, 0.15) is 0 Å². The molecule has 0 aliphatic carbocycles. The first-order chi connectivity index (χ1) is 6.33. The molecule has 0 fully saturated rings. The summed E-state index contributed by atoms with van der Waals surface area (Å²) in [7, 11) is 0. The first-order valence-corrected chi connectivity index (χ1v) is 3.73. The summed E-state index contributed by atoms with van der Waals surface area (Å²) >= 11 is 0. The van der Waals surface area contributed by atoms with E-state index in [1.54, 1.807) is 0 Å². The molecule has 0 aliphatic rings. The molecule has 2 heterocycles. The predicted octanol–water partition coefficient (Wildman–Crippen LogP) is -1.47. The number of nitrogens with zero attached hydrogens (tertiary/aromatic N) is 4. The van der Waals surface area contributed by atoms with Gasteiger partial charge in [-0.1, -0.05) is 4.85 Å². The number of nitrogen functional groups attached to an aromatic ring is 1. The van der Waals surface area contributed by atoms with Gasteiger partial charge >= 0.3 is 0 Å². The lowest BCUT2D eigenvalue weighted by Crippen LogP contribution is -2.19. The van der Waals surface area contributed by atoms with Crippen molar-refractivity contribution in [3.63, 3.8) is 0 Å². The molecular formula is C6H9N5O2. The summed E-state index contributed by atoms with van der Waals surface area (Å²) in [4.78, 5) is 14.3. The van der Waals surface area contributed by atoms with Gasteiger partial charge < -0.3 is 15.7 Å². The largest absolute Gasteiger partial charge is 0.394 e. The summed E-state index contributed by atoms with van der Waals surface area (Å²) in [5.41, 5.74) is 5.59.